The molecule has 0 bridgehead atoms. The number of hydrogen-bond donors (Lipinski definition) is 1. The van der Waals surface area contributed by atoms with Gasteiger partial charge in [-0.2, -0.15) is 5.26 Å². The second-order valence-corrected chi connectivity index (χ2v) is 9.41. The largest absolute Gasteiger partial charge is 0.475 e. The first kappa shape index (κ1) is 19.8. The highest BCUT2D eigenvalue weighted by atomic mass is 31.2. The molecule has 1 N–H and O–H groups in total. The van der Waals surface area contributed by atoms with Gasteiger partial charge in [-0.05, 0) is 18.3 Å². The smallest absolute Gasteiger partial charge is 0.390 e. The molecule has 0 radical (unpaired) electrons. The quantitative estimate of drug-likeness (QED) is 0.579. The van der Waals surface area contributed by atoms with E-state index < -0.39 is 56.9 Å². The average Bonchev–Trinajstić information content (AvgIpc) is 3.12. The summed E-state index contributed by atoms with van der Waals surface area (Å²) in [6.45, 7) is 5.46. The lowest BCUT2D eigenvalue weighted by molar-refractivity contribution is -0.0329. The Balaban J connectivity index is 2.16. The highest BCUT2D eigenvalue weighted by Crippen LogP contribution is 2.55. The lowest BCUT2D eigenvalue weighted by Crippen LogP contribution is -2.32. The summed E-state index contributed by atoms with van der Waals surface area (Å²) < 4.78 is 56.7. The van der Waals surface area contributed by atoms with Crippen LogP contribution in [0.2, 0.25) is 0 Å². The molecule has 0 amide bonds. The molecule has 0 aromatic rings. The van der Waals surface area contributed by atoms with Crippen molar-refractivity contribution in [3.8, 4) is 6.07 Å². The van der Waals surface area contributed by atoms with E-state index in [9.17, 15) is 9.67 Å². The number of phosphoric ester groups is 1. The van der Waals surface area contributed by atoms with Crippen molar-refractivity contribution in [2.45, 2.75) is 83.9 Å². The van der Waals surface area contributed by atoms with Gasteiger partial charge in [0.15, 0.2) is 0 Å². The molecule has 2 rings (SSSR count). The lowest BCUT2D eigenvalue weighted by atomic mass is 9.88. The summed E-state index contributed by atoms with van der Waals surface area (Å²) in [5.74, 6) is 0. The Kier molecular flexibility index (Phi) is 7.18. The van der Waals surface area contributed by atoms with Crippen LogP contribution in [0.25, 0.3) is 0 Å². The molecule has 27 heavy (non-hydrogen) atoms. The van der Waals surface area contributed by atoms with Crippen LogP contribution in [0.4, 0.5) is 0 Å². The summed E-state index contributed by atoms with van der Waals surface area (Å²) in [6.07, 6.45) is -2.66. The average molecular weight is 409 g/mol. The predicted molar refractivity (Wildman–Crippen MR) is 98.0 cm³/mol. The Morgan fingerprint density at radius 2 is 2.00 bits per heavy atom. The topological polar surface area (TPSA) is 107 Å². The number of aliphatic hydroxyl groups is 1. The number of rotatable bonds is 9. The van der Waals surface area contributed by atoms with E-state index in [1.807, 2.05) is 33.8 Å². The van der Waals surface area contributed by atoms with Gasteiger partial charge in [0, 0.05) is 19.6 Å². The highest BCUT2D eigenvalue weighted by molar-refractivity contribution is 7.48. The fourth-order valence-corrected chi connectivity index (χ4v) is 4.57. The van der Waals surface area contributed by atoms with Gasteiger partial charge in [-0.25, -0.2) is 4.57 Å². The highest BCUT2D eigenvalue weighted by Gasteiger charge is 2.42. The molecule has 2 fully saturated rings. The van der Waals surface area contributed by atoms with E-state index >= 15 is 0 Å². The Labute approximate surface area is 164 Å². The Morgan fingerprint density at radius 1 is 1.33 bits per heavy atom. The van der Waals surface area contributed by atoms with Crippen LogP contribution in [0.1, 0.15) is 56.1 Å². The zero-order valence-corrected chi connectivity index (χ0v) is 17.3. The van der Waals surface area contributed by atoms with Crippen molar-refractivity contribution in [2.24, 2.45) is 5.41 Å². The molecule has 0 aliphatic carbocycles. The van der Waals surface area contributed by atoms with Crippen LogP contribution in [0.5, 0.6) is 0 Å². The molecule has 2 aliphatic rings. The zero-order valence-electron chi connectivity index (χ0n) is 18.4. The van der Waals surface area contributed by atoms with Crippen LogP contribution in [0.3, 0.4) is 0 Å². The van der Waals surface area contributed by atoms with Crippen LogP contribution in [0.15, 0.2) is 0 Å². The summed E-state index contributed by atoms with van der Waals surface area (Å²) in [6, 6.07) is 2.03. The van der Waals surface area contributed by atoms with Gasteiger partial charge in [-0.1, -0.05) is 27.7 Å². The zero-order chi connectivity index (χ0) is 21.8. The number of phosphoric acid groups is 1. The van der Waals surface area contributed by atoms with Crippen LogP contribution >= 0.6 is 7.82 Å². The Morgan fingerprint density at radius 3 is 2.56 bits per heavy atom. The second kappa shape index (κ2) is 9.80. The summed E-state index contributed by atoms with van der Waals surface area (Å²) >= 11 is 0. The van der Waals surface area contributed by atoms with Gasteiger partial charge in [0.25, 0.3) is 0 Å². The lowest BCUT2D eigenvalue weighted by Gasteiger charge is -2.33. The maximum Gasteiger partial charge on any atom is 0.475 e. The van der Waals surface area contributed by atoms with E-state index in [-0.39, 0.29) is 25.9 Å². The molecule has 2 saturated heterocycles. The summed E-state index contributed by atoms with van der Waals surface area (Å²) in [5, 5.41) is 19.1. The van der Waals surface area contributed by atoms with Crippen molar-refractivity contribution in [1.82, 2.24) is 0 Å². The minimum absolute atomic E-state index is 0.0169. The molecule has 2 heterocycles. The first-order chi connectivity index (χ1) is 13.5. The third-order valence-electron chi connectivity index (χ3n) is 4.61. The molecule has 9 heteroatoms. The Bertz CT molecular complexity index is 626. The van der Waals surface area contributed by atoms with Gasteiger partial charge in [0.05, 0.1) is 46.3 Å². The monoisotopic (exact) mass is 409 g/mol. The maximum atomic E-state index is 13.5. The summed E-state index contributed by atoms with van der Waals surface area (Å²) in [5.41, 5.74) is -0.512. The molecule has 8 nitrogen and oxygen atoms in total. The molecule has 2 aliphatic heterocycles. The van der Waals surface area contributed by atoms with Crippen LogP contribution in [0, 0.1) is 16.7 Å². The molecular formula is C18H32NO7P. The van der Waals surface area contributed by atoms with Gasteiger partial charge in [-0.3, -0.25) is 13.6 Å². The molecule has 8 atom stereocenters. The Hall–Kier alpha value is -0.520. The minimum atomic E-state index is -4.19. The van der Waals surface area contributed by atoms with Gasteiger partial charge < -0.3 is 14.6 Å². The standard InChI is InChI=1S/C18H32NO7P/c1-5-14-15(8-11-22-14)25-27(21,24-12-16-13(20)7-10-23-16)26-17(6-9-19)18(2,3)4/h13-17,20H,5-8,10-12H2,1-4H3/i10T,11T. The van der Waals surface area contributed by atoms with Gasteiger partial charge in [-0.15, -0.1) is 0 Å². The fourth-order valence-electron chi connectivity index (χ4n) is 2.81. The summed E-state index contributed by atoms with van der Waals surface area (Å²) in [4.78, 5) is 0. The number of aliphatic hydroxyl groups excluding tert-OH is 1. The summed E-state index contributed by atoms with van der Waals surface area (Å²) in [7, 11) is -4.19. The van der Waals surface area contributed by atoms with Crippen LogP contribution < -0.4 is 0 Å². The van der Waals surface area contributed by atoms with Crippen molar-refractivity contribution in [2.75, 3.05) is 19.8 Å². The van der Waals surface area contributed by atoms with Gasteiger partial charge in [0.1, 0.15) is 6.10 Å². The number of nitriles is 1. The molecule has 156 valence electrons. The van der Waals surface area contributed by atoms with E-state index in [1.165, 1.54) is 0 Å². The SMILES string of the molecule is [3H]C1CC(O)C(COP(=O)(OC2CC([3H])OC2CC)OC(CC#N)C(C)(C)C)O1. The molecule has 8 unspecified atom stereocenters. The van der Waals surface area contributed by atoms with Crippen molar-refractivity contribution >= 4 is 7.82 Å². The van der Waals surface area contributed by atoms with Gasteiger partial charge >= 0.3 is 7.82 Å². The van der Waals surface area contributed by atoms with E-state index in [0.29, 0.717) is 6.42 Å². The van der Waals surface area contributed by atoms with Crippen molar-refractivity contribution in [3.63, 3.8) is 0 Å². The molecule has 0 aromatic carbocycles. The van der Waals surface area contributed by atoms with E-state index in [2.05, 4.69) is 0 Å². The molecular weight excluding hydrogens is 373 g/mol. The van der Waals surface area contributed by atoms with Crippen molar-refractivity contribution < 1.29 is 35.5 Å². The third kappa shape index (κ3) is 6.50. The van der Waals surface area contributed by atoms with Crippen molar-refractivity contribution in [1.29, 1.82) is 5.26 Å². The second-order valence-electron chi connectivity index (χ2n) is 7.84. The van der Waals surface area contributed by atoms with E-state index in [4.69, 9.17) is 31.0 Å². The van der Waals surface area contributed by atoms with Crippen LogP contribution in [-0.2, 0) is 27.6 Å². The van der Waals surface area contributed by atoms with Gasteiger partial charge in [0.2, 0.25) is 0 Å². The molecule has 0 spiro atoms. The predicted octanol–water partition coefficient (Wildman–Crippen LogP) is 3.19. The number of ether oxygens (including phenoxy) is 2. The maximum absolute atomic E-state index is 13.5. The number of hydrogen-bond acceptors (Lipinski definition) is 8. The fraction of sp³-hybridized carbons (Fsp3) is 0.944. The van der Waals surface area contributed by atoms with Crippen LogP contribution in [-0.4, -0.2) is 55.4 Å². The third-order valence-corrected chi connectivity index (χ3v) is 6.12. The number of nitrogens with zero attached hydrogens (tertiary/aromatic N) is 1. The first-order valence-corrected chi connectivity index (χ1v) is 10.7. The molecule has 0 aromatic heterocycles. The minimum Gasteiger partial charge on any atom is -0.390 e. The van der Waals surface area contributed by atoms with E-state index in [1.54, 1.807) is 0 Å². The van der Waals surface area contributed by atoms with E-state index in [0.717, 1.165) is 0 Å². The molecule has 0 saturated carbocycles. The van der Waals surface area contributed by atoms with Crippen molar-refractivity contribution in [3.05, 3.63) is 0 Å². The normalized spacial score (nSPS) is 38.7. The first-order valence-electron chi connectivity index (χ1n) is 10.4.